The van der Waals surface area contributed by atoms with Gasteiger partial charge in [-0.05, 0) is 36.2 Å². The van der Waals surface area contributed by atoms with Crippen molar-refractivity contribution in [2.24, 2.45) is 0 Å². The summed E-state index contributed by atoms with van der Waals surface area (Å²) >= 11 is 9.37. The van der Waals surface area contributed by atoms with E-state index in [1.54, 1.807) is 0 Å². The summed E-state index contributed by atoms with van der Waals surface area (Å²) in [4.78, 5) is 26.0. The average Bonchev–Trinajstić information content (AvgIpc) is 2.80. The summed E-state index contributed by atoms with van der Waals surface area (Å²) in [6.07, 6.45) is 0.0915. The number of hydrogen-bond donors (Lipinski definition) is 3. The molecule has 0 atom stereocenters. The quantitative estimate of drug-likeness (QED) is 0.327. The maximum Gasteiger partial charge on any atom is 0.325 e. The van der Waals surface area contributed by atoms with Gasteiger partial charge >= 0.3 is 7.60 Å². The van der Waals surface area contributed by atoms with Crippen molar-refractivity contribution in [2.45, 2.75) is 6.42 Å². The second-order valence-corrected chi connectivity index (χ2v) is 7.96. The molecule has 0 fully saturated rings. The van der Waals surface area contributed by atoms with Crippen molar-refractivity contribution >= 4 is 63.0 Å². The van der Waals surface area contributed by atoms with Crippen LogP contribution >= 0.6 is 35.1 Å². The Morgan fingerprint density at radius 2 is 2.13 bits per heavy atom. The van der Waals surface area contributed by atoms with Gasteiger partial charge in [-0.25, -0.2) is 4.98 Å². The minimum absolute atomic E-state index is 0.0673. The lowest BCUT2D eigenvalue weighted by Gasteiger charge is -2.07. The fraction of sp³-hybridized carbons (Fsp3) is 0.231. The number of nitrogens with zero attached hydrogens (tertiary/aromatic N) is 2. The van der Waals surface area contributed by atoms with Crippen LogP contribution in [0.2, 0.25) is 5.28 Å². The van der Waals surface area contributed by atoms with E-state index in [4.69, 9.17) is 25.8 Å². The summed E-state index contributed by atoms with van der Waals surface area (Å²) in [5.74, 6) is 0.401. The van der Waals surface area contributed by atoms with Crippen LogP contribution in [0, 0.1) is 0 Å². The zero-order valence-electron chi connectivity index (χ0n) is 11.7. The van der Waals surface area contributed by atoms with Crippen LogP contribution in [0.25, 0.3) is 22.1 Å². The van der Waals surface area contributed by atoms with Crippen molar-refractivity contribution in [1.29, 1.82) is 0 Å². The zero-order chi connectivity index (χ0) is 16.6. The van der Waals surface area contributed by atoms with Crippen molar-refractivity contribution in [3.63, 3.8) is 0 Å². The third kappa shape index (κ3) is 3.84. The van der Waals surface area contributed by atoms with Crippen LogP contribution in [0.3, 0.4) is 0 Å². The lowest BCUT2D eigenvalue weighted by molar-refractivity contribution is 0.372. The van der Waals surface area contributed by atoms with Crippen LogP contribution in [-0.2, 0) is 4.57 Å². The first kappa shape index (κ1) is 16.7. The van der Waals surface area contributed by atoms with Gasteiger partial charge in [0, 0.05) is 16.4 Å². The summed E-state index contributed by atoms with van der Waals surface area (Å²) in [5.41, 5.74) is 1.69. The van der Waals surface area contributed by atoms with Crippen molar-refractivity contribution in [2.75, 3.05) is 18.0 Å². The van der Waals surface area contributed by atoms with Gasteiger partial charge in [-0.1, -0.05) is 15.9 Å². The van der Waals surface area contributed by atoms with Gasteiger partial charge in [0.1, 0.15) is 11.1 Å². The van der Waals surface area contributed by atoms with Gasteiger partial charge in [-0.2, -0.15) is 4.98 Å². The first-order valence-electron chi connectivity index (χ1n) is 6.67. The lowest BCUT2D eigenvalue weighted by atomic mass is 10.2. The first-order chi connectivity index (χ1) is 10.8. The molecule has 0 spiro atoms. The minimum atomic E-state index is -4.00. The topological polar surface area (TPSA) is 108 Å². The molecule has 10 heteroatoms. The van der Waals surface area contributed by atoms with Crippen molar-refractivity contribution < 1.29 is 18.8 Å². The van der Waals surface area contributed by atoms with Crippen LogP contribution in [0.5, 0.6) is 0 Å². The molecule has 0 aliphatic heterocycles. The fourth-order valence-electron chi connectivity index (χ4n) is 2.20. The van der Waals surface area contributed by atoms with Gasteiger partial charge in [0.05, 0.1) is 6.16 Å². The first-order valence-corrected chi connectivity index (χ1v) is 9.64. The van der Waals surface area contributed by atoms with Crippen LogP contribution in [-0.4, -0.2) is 32.5 Å². The summed E-state index contributed by atoms with van der Waals surface area (Å²) in [7, 11) is -4.00. The van der Waals surface area contributed by atoms with Gasteiger partial charge in [0.15, 0.2) is 11.4 Å². The molecule has 1 aromatic carbocycles. The molecule has 23 heavy (non-hydrogen) atoms. The molecule has 0 aliphatic carbocycles. The number of fused-ring (bicyclic) bond motifs is 3. The molecular formula is C13H12BrClN3O4P. The fourth-order valence-corrected chi connectivity index (χ4v) is 3.30. The van der Waals surface area contributed by atoms with E-state index in [9.17, 15) is 4.57 Å². The Morgan fingerprint density at radius 1 is 1.35 bits per heavy atom. The SMILES string of the molecule is O=P(O)(O)CCCNc1nc(Cl)nc2c1oc1ccc(Br)cc12. The molecule has 0 bridgehead atoms. The zero-order valence-corrected chi connectivity index (χ0v) is 14.9. The standard InChI is InChI=1S/C13H12BrClN3O4P/c14-7-2-3-9-8(6-7)10-11(22-9)12(18-13(15)17-10)16-4-1-5-23(19,20)21/h2-3,6H,1,4-5H2,(H,16,17,18)(H2,19,20,21). The number of benzene rings is 1. The average molecular weight is 421 g/mol. The highest BCUT2D eigenvalue weighted by Gasteiger charge is 2.16. The normalized spacial score (nSPS) is 12.2. The molecule has 122 valence electrons. The van der Waals surface area contributed by atoms with Crippen LogP contribution in [0.1, 0.15) is 6.42 Å². The Morgan fingerprint density at radius 3 is 2.87 bits per heavy atom. The summed E-state index contributed by atoms with van der Waals surface area (Å²) < 4.78 is 17.5. The van der Waals surface area contributed by atoms with E-state index >= 15 is 0 Å². The Hall–Kier alpha value is -1.18. The summed E-state index contributed by atoms with van der Waals surface area (Å²) in [6, 6.07) is 5.54. The molecule has 3 rings (SSSR count). The smallest absolute Gasteiger partial charge is 0.325 e. The van der Waals surface area contributed by atoms with Crippen LogP contribution in [0.15, 0.2) is 27.1 Å². The monoisotopic (exact) mass is 419 g/mol. The second-order valence-electron chi connectivity index (χ2n) is 4.93. The molecule has 0 saturated heterocycles. The molecule has 2 heterocycles. The van der Waals surface area contributed by atoms with E-state index in [0.717, 1.165) is 9.86 Å². The highest BCUT2D eigenvalue weighted by Crippen LogP contribution is 2.35. The maximum atomic E-state index is 10.9. The number of halogens is 2. The number of nitrogens with one attached hydrogen (secondary N) is 1. The Labute approximate surface area is 144 Å². The van der Waals surface area contributed by atoms with Crippen LogP contribution in [0.4, 0.5) is 5.82 Å². The third-order valence-corrected chi connectivity index (χ3v) is 4.73. The summed E-state index contributed by atoms with van der Waals surface area (Å²) in [6.45, 7) is 0.328. The van der Waals surface area contributed by atoms with Crippen molar-refractivity contribution in [3.8, 4) is 0 Å². The van der Waals surface area contributed by atoms with Gasteiger partial charge < -0.3 is 19.5 Å². The molecule has 0 saturated carbocycles. The number of anilines is 1. The van der Waals surface area contributed by atoms with E-state index < -0.39 is 7.60 Å². The Bertz CT molecular complexity index is 926. The molecule has 3 aromatic rings. The molecule has 0 amide bonds. The van der Waals surface area contributed by atoms with Gasteiger partial charge in [-0.15, -0.1) is 0 Å². The van der Waals surface area contributed by atoms with E-state index in [0.29, 0.717) is 35.5 Å². The third-order valence-electron chi connectivity index (χ3n) is 3.17. The Kier molecular flexibility index (Phi) is 4.62. The molecule has 3 N–H and O–H groups in total. The van der Waals surface area contributed by atoms with Crippen LogP contribution < -0.4 is 5.32 Å². The number of aromatic nitrogens is 2. The predicted octanol–water partition coefficient (Wildman–Crippen LogP) is 3.77. The van der Waals surface area contributed by atoms with Gasteiger partial charge in [-0.3, -0.25) is 4.57 Å². The largest absolute Gasteiger partial charge is 0.450 e. The maximum absolute atomic E-state index is 10.9. The lowest BCUT2D eigenvalue weighted by Crippen LogP contribution is -2.06. The minimum Gasteiger partial charge on any atom is -0.450 e. The molecule has 2 aromatic heterocycles. The Balaban J connectivity index is 1.94. The van der Waals surface area contributed by atoms with Gasteiger partial charge in [0.25, 0.3) is 0 Å². The molecule has 0 unspecified atom stereocenters. The number of rotatable bonds is 5. The highest BCUT2D eigenvalue weighted by molar-refractivity contribution is 9.10. The number of hydrogen-bond acceptors (Lipinski definition) is 5. The van der Waals surface area contributed by atoms with Crippen molar-refractivity contribution in [1.82, 2.24) is 9.97 Å². The second kappa shape index (κ2) is 6.37. The van der Waals surface area contributed by atoms with E-state index in [-0.39, 0.29) is 11.4 Å². The molecular weight excluding hydrogens is 408 g/mol. The highest BCUT2D eigenvalue weighted by atomic mass is 79.9. The van der Waals surface area contributed by atoms with E-state index in [1.165, 1.54) is 0 Å². The molecule has 0 radical (unpaired) electrons. The van der Waals surface area contributed by atoms with E-state index in [1.807, 2.05) is 18.2 Å². The molecule has 0 aliphatic rings. The van der Waals surface area contributed by atoms with Crippen molar-refractivity contribution in [3.05, 3.63) is 28.0 Å². The summed E-state index contributed by atoms with van der Waals surface area (Å²) in [5, 5.41) is 3.86. The molecule has 7 nitrogen and oxygen atoms in total. The predicted molar refractivity (Wildman–Crippen MR) is 92.0 cm³/mol. The van der Waals surface area contributed by atoms with Gasteiger partial charge in [0.2, 0.25) is 5.28 Å². The number of furan rings is 1. The van der Waals surface area contributed by atoms with E-state index in [2.05, 4.69) is 31.2 Å².